The van der Waals surface area contributed by atoms with E-state index in [9.17, 15) is 18.4 Å². The third-order valence-corrected chi connectivity index (χ3v) is 8.29. The Balaban J connectivity index is 1.35. The van der Waals surface area contributed by atoms with Crippen LogP contribution >= 0.6 is 27.5 Å². The predicted octanol–water partition coefficient (Wildman–Crippen LogP) is 5.39. The van der Waals surface area contributed by atoms with Gasteiger partial charge in [0, 0.05) is 58.4 Å². The topological polar surface area (TPSA) is 73.9 Å². The Kier molecular flexibility index (Phi) is 7.34. The number of anilines is 2. The summed E-state index contributed by atoms with van der Waals surface area (Å²) in [4.78, 5) is 30.5. The molecule has 11 heteroatoms. The second-order valence-electron chi connectivity index (χ2n) is 10.6. The van der Waals surface area contributed by atoms with Gasteiger partial charge in [-0.05, 0) is 91.6 Å². The van der Waals surface area contributed by atoms with E-state index in [0.717, 1.165) is 41.7 Å². The van der Waals surface area contributed by atoms with Crippen LogP contribution in [0.3, 0.4) is 0 Å². The van der Waals surface area contributed by atoms with Crippen molar-refractivity contribution in [1.82, 2.24) is 10.2 Å². The minimum absolute atomic E-state index is 0.0403. The molecule has 2 heterocycles. The molecule has 3 aliphatic rings. The van der Waals surface area contributed by atoms with Gasteiger partial charge in [-0.3, -0.25) is 9.59 Å². The Morgan fingerprint density at radius 3 is 2.45 bits per heavy atom. The molecule has 38 heavy (non-hydrogen) atoms. The highest BCUT2D eigenvalue weighted by Gasteiger charge is 2.50. The molecule has 0 bridgehead atoms. The largest absolute Gasteiger partial charge is 0.487 e. The van der Waals surface area contributed by atoms with Gasteiger partial charge in [0.15, 0.2) is 0 Å². The Labute approximate surface area is 234 Å². The van der Waals surface area contributed by atoms with Crippen molar-refractivity contribution in [3.8, 4) is 5.75 Å². The van der Waals surface area contributed by atoms with Crippen LogP contribution in [0.5, 0.6) is 5.75 Å². The molecular formula is C27H30BrClF2N4O3. The van der Waals surface area contributed by atoms with Crippen molar-refractivity contribution in [2.75, 3.05) is 30.4 Å². The number of nitrogens with zero attached hydrogens (tertiary/aromatic N) is 2. The average molecular weight is 612 g/mol. The van der Waals surface area contributed by atoms with Gasteiger partial charge in [0.1, 0.15) is 5.75 Å². The van der Waals surface area contributed by atoms with Crippen LogP contribution < -0.4 is 20.3 Å². The number of rotatable bonds is 7. The van der Waals surface area contributed by atoms with Gasteiger partial charge in [-0.1, -0.05) is 0 Å². The zero-order valence-corrected chi connectivity index (χ0v) is 23.7. The fraction of sp³-hybridized carbons (Fsp3) is 0.481. The Bertz CT molecular complexity index is 1230. The Morgan fingerprint density at radius 1 is 1.16 bits per heavy atom. The number of ether oxygens (including phenoxy) is 1. The van der Waals surface area contributed by atoms with E-state index in [1.54, 1.807) is 6.07 Å². The standard InChI is InChI=1S/C27H30BrClF2N4O3/c1-14(2)35-23-20(19-8-9-22(24(19)35)33-26(37)16-12-34(3)13-16)10-15(11-21(23)28)25(36)32-17-4-6-18(7-5-17)38-27(29,30)31/h4-7,10-11,14,16,19,22,24H,8-9,12-13H2,1-3H3,(H,32,36)(H,33,37). The number of halogens is 4. The van der Waals surface area contributed by atoms with Crippen LogP contribution in [-0.2, 0) is 4.79 Å². The highest BCUT2D eigenvalue weighted by Crippen LogP contribution is 2.53. The van der Waals surface area contributed by atoms with Crippen molar-refractivity contribution in [2.24, 2.45) is 5.92 Å². The molecule has 0 spiro atoms. The minimum Gasteiger partial charge on any atom is -0.420 e. The highest BCUT2D eigenvalue weighted by molar-refractivity contribution is 9.10. The summed E-state index contributed by atoms with van der Waals surface area (Å²) in [6.45, 7) is 5.87. The molecule has 2 amide bonds. The molecule has 1 saturated heterocycles. The number of carbonyl (C=O) groups excluding carboxylic acids is 2. The Morgan fingerprint density at radius 2 is 1.84 bits per heavy atom. The molecule has 2 aromatic carbocycles. The zero-order valence-electron chi connectivity index (χ0n) is 21.3. The molecule has 2 aliphatic heterocycles. The van der Waals surface area contributed by atoms with Crippen LogP contribution in [0.2, 0.25) is 0 Å². The Hall–Kier alpha value is -2.43. The third-order valence-electron chi connectivity index (χ3n) is 7.61. The number of nitrogens with one attached hydrogen (secondary N) is 2. The first kappa shape index (κ1) is 27.1. The van der Waals surface area contributed by atoms with Gasteiger partial charge in [-0.25, -0.2) is 0 Å². The number of likely N-dealkylation sites (tertiary alicyclic amines) is 1. The van der Waals surface area contributed by atoms with E-state index in [4.69, 9.17) is 11.6 Å². The third kappa shape index (κ3) is 5.35. The monoisotopic (exact) mass is 610 g/mol. The van der Waals surface area contributed by atoms with Gasteiger partial charge in [0.2, 0.25) is 5.91 Å². The number of hydrogen-bond acceptors (Lipinski definition) is 5. The van der Waals surface area contributed by atoms with Gasteiger partial charge in [-0.15, -0.1) is 8.78 Å². The van der Waals surface area contributed by atoms with Crippen molar-refractivity contribution in [3.05, 3.63) is 52.0 Å². The molecular weight excluding hydrogens is 582 g/mol. The van der Waals surface area contributed by atoms with Crippen LogP contribution in [0.4, 0.5) is 20.2 Å². The fourth-order valence-electron chi connectivity index (χ4n) is 6.03. The first-order valence-corrected chi connectivity index (χ1v) is 13.9. The van der Waals surface area contributed by atoms with Crippen molar-refractivity contribution in [1.29, 1.82) is 0 Å². The van der Waals surface area contributed by atoms with E-state index in [1.807, 2.05) is 13.1 Å². The number of fused-ring (bicyclic) bond motifs is 3. The zero-order chi connectivity index (χ0) is 27.4. The predicted molar refractivity (Wildman–Crippen MR) is 146 cm³/mol. The van der Waals surface area contributed by atoms with Crippen molar-refractivity contribution in [2.45, 2.75) is 56.3 Å². The molecule has 3 unspecified atom stereocenters. The van der Waals surface area contributed by atoms with Crippen LogP contribution in [0.1, 0.15) is 48.5 Å². The van der Waals surface area contributed by atoms with Crippen LogP contribution in [0, 0.1) is 5.92 Å². The van der Waals surface area contributed by atoms with E-state index >= 15 is 0 Å². The lowest BCUT2D eigenvalue weighted by atomic mass is 9.94. The van der Waals surface area contributed by atoms with E-state index in [0.29, 0.717) is 11.3 Å². The summed E-state index contributed by atoms with van der Waals surface area (Å²) < 4.78 is 30.9. The maximum atomic E-state index is 13.2. The van der Waals surface area contributed by atoms with Crippen molar-refractivity contribution >= 4 is 50.7 Å². The normalized spacial score (nSPS) is 23.2. The number of alkyl halides is 3. The molecule has 0 aromatic heterocycles. The van der Waals surface area contributed by atoms with Gasteiger partial charge >= 0.3 is 5.57 Å². The molecule has 7 nitrogen and oxygen atoms in total. The molecule has 5 rings (SSSR count). The number of benzene rings is 2. The molecule has 2 N–H and O–H groups in total. The van der Waals surface area contributed by atoms with Gasteiger partial charge in [-0.2, -0.15) is 0 Å². The summed E-state index contributed by atoms with van der Waals surface area (Å²) in [5.74, 6) is -0.0701. The van der Waals surface area contributed by atoms with E-state index in [-0.39, 0.29) is 47.5 Å². The molecule has 2 fully saturated rings. The van der Waals surface area contributed by atoms with Crippen LogP contribution in [-0.4, -0.2) is 60.5 Å². The quantitative estimate of drug-likeness (QED) is 0.411. The lowest BCUT2D eigenvalue weighted by molar-refractivity contribution is -0.130. The summed E-state index contributed by atoms with van der Waals surface area (Å²) in [5.41, 5.74) is -0.727. The molecule has 204 valence electrons. The molecule has 2 aromatic rings. The molecule has 0 radical (unpaired) electrons. The van der Waals surface area contributed by atoms with Gasteiger partial charge < -0.3 is 25.2 Å². The lowest BCUT2D eigenvalue weighted by Crippen LogP contribution is -2.57. The minimum atomic E-state index is -3.81. The maximum Gasteiger partial charge on any atom is 0.487 e. The van der Waals surface area contributed by atoms with Crippen molar-refractivity contribution in [3.63, 3.8) is 0 Å². The molecule has 3 atom stereocenters. The molecule has 1 aliphatic carbocycles. The van der Waals surface area contributed by atoms with Gasteiger partial charge in [0.25, 0.3) is 5.91 Å². The smallest absolute Gasteiger partial charge is 0.420 e. The highest BCUT2D eigenvalue weighted by atomic mass is 79.9. The fourth-order valence-corrected chi connectivity index (χ4v) is 6.80. The second-order valence-corrected chi connectivity index (χ2v) is 11.9. The van der Waals surface area contributed by atoms with Crippen molar-refractivity contribution < 1.29 is 23.1 Å². The number of hydrogen-bond donors (Lipinski definition) is 2. The lowest BCUT2D eigenvalue weighted by Gasteiger charge is -2.39. The first-order chi connectivity index (χ1) is 17.9. The summed E-state index contributed by atoms with van der Waals surface area (Å²) in [7, 11) is 2.01. The number of amides is 2. The average Bonchev–Trinajstić information content (AvgIpc) is 3.36. The summed E-state index contributed by atoms with van der Waals surface area (Å²) in [6, 6.07) is 9.66. The van der Waals surface area contributed by atoms with Crippen LogP contribution in [0.15, 0.2) is 40.9 Å². The molecule has 1 saturated carbocycles. The van der Waals surface area contributed by atoms with Crippen LogP contribution in [0.25, 0.3) is 0 Å². The first-order valence-electron chi connectivity index (χ1n) is 12.7. The maximum absolute atomic E-state index is 13.2. The SMILES string of the molecule is CC(C)N1c2c(Br)cc(C(=O)Nc3ccc(OC(F)(F)Cl)cc3)cc2C2CCC(NC(=O)C3CN(C)C3)C21. The number of carbonyl (C=O) groups is 2. The summed E-state index contributed by atoms with van der Waals surface area (Å²) in [5, 5.41) is 6.15. The second kappa shape index (κ2) is 10.3. The van der Waals surface area contributed by atoms with Gasteiger partial charge in [0.05, 0.1) is 17.6 Å². The summed E-state index contributed by atoms with van der Waals surface area (Å²) in [6.07, 6.45) is 1.80. The van der Waals surface area contributed by atoms with E-state index < -0.39 is 5.57 Å². The van der Waals surface area contributed by atoms with E-state index in [2.05, 4.69) is 54.9 Å². The van der Waals surface area contributed by atoms with E-state index in [1.165, 1.54) is 24.3 Å². The summed E-state index contributed by atoms with van der Waals surface area (Å²) >= 11 is 8.52.